The molecule has 1 atom stereocenters. The smallest absolute Gasteiger partial charge is 0.264 e. The summed E-state index contributed by atoms with van der Waals surface area (Å²) < 4.78 is 13.0. The first-order valence-electron chi connectivity index (χ1n) is 7.77. The summed E-state index contributed by atoms with van der Waals surface area (Å²) >= 11 is 1.50. The Balaban J connectivity index is 1.76. The Labute approximate surface area is 139 Å². The highest BCUT2D eigenvalue weighted by molar-refractivity contribution is 7.14. The third-order valence-electron chi connectivity index (χ3n) is 4.25. The molecule has 0 aliphatic heterocycles. The minimum Gasteiger partial charge on any atom is -0.387 e. The van der Waals surface area contributed by atoms with Gasteiger partial charge in [-0.3, -0.25) is 4.79 Å². The van der Waals surface area contributed by atoms with Crippen molar-refractivity contribution in [3.05, 3.63) is 57.0 Å². The molecule has 0 bridgehead atoms. The van der Waals surface area contributed by atoms with E-state index in [1.54, 1.807) is 17.0 Å². The molecule has 0 radical (unpaired) electrons. The summed E-state index contributed by atoms with van der Waals surface area (Å²) in [6, 6.07) is 7.91. The van der Waals surface area contributed by atoms with Crippen molar-refractivity contribution in [2.75, 3.05) is 6.54 Å². The average Bonchev–Trinajstić information content (AvgIpc) is 3.31. The van der Waals surface area contributed by atoms with Gasteiger partial charge in [0.1, 0.15) is 5.82 Å². The predicted octanol–water partition coefficient (Wildman–Crippen LogP) is 3.84. The molecular weight excluding hydrogens is 313 g/mol. The van der Waals surface area contributed by atoms with Gasteiger partial charge in [-0.1, -0.05) is 12.1 Å². The maximum atomic E-state index is 13.0. The molecule has 0 spiro atoms. The molecule has 1 fully saturated rings. The number of benzene rings is 1. The van der Waals surface area contributed by atoms with Gasteiger partial charge in [-0.05, 0) is 56.0 Å². The largest absolute Gasteiger partial charge is 0.387 e. The lowest BCUT2D eigenvalue weighted by molar-refractivity contribution is 0.0607. The van der Waals surface area contributed by atoms with E-state index >= 15 is 0 Å². The number of aliphatic hydroxyl groups excluding tert-OH is 1. The molecular formula is C18H20FNO2S. The van der Waals surface area contributed by atoms with Crippen LogP contribution in [0.3, 0.4) is 0 Å². The van der Waals surface area contributed by atoms with E-state index in [2.05, 4.69) is 0 Å². The Kier molecular flexibility index (Phi) is 4.50. The third-order valence-corrected chi connectivity index (χ3v) is 5.39. The maximum absolute atomic E-state index is 13.0. The maximum Gasteiger partial charge on any atom is 0.264 e. The van der Waals surface area contributed by atoms with Crippen LogP contribution in [-0.2, 0) is 0 Å². The van der Waals surface area contributed by atoms with Gasteiger partial charge in [-0.25, -0.2) is 4.39 Å². The number of carbonyl (C=O) groups is 1. The van der Waals surface area contributed by atoms with Gasteiger partial charge in [0.15, 0.2) is 0 Å². The zero-order valence-electron chi connectivity index (χ0n) is 13.3. The number of aryl methyl sites for hydroxylation is 2. The Morgan fingerprint density at radius 1 is 1.35 bits per heavy atom. The fourth-order valence-electron chi connectivity index (χ4n) is 2.58. The summed E-state index contributed by atoms with van der Waals surface area (Å²) in [4.78, 5) is 16.4. The molecule has 5 heteroatoms. The minimum absolute atomic E-state index is 0.0186. The highest BCUT2D eigenvalue weighted by Gasteiger charge is 2.35. The lowest BCUT2D eigenvalue weighted by Gasteiger charge is -2.25. The van der Waals surface area contributed by atoms with Crippen LogP contribution in [0.15, 0.2) is 30.3 Å². The van der Waals surface area contributed by atoms with Crippen molar-refractivity contribution in [1.29, 1.82) is 0 Å². The second-order valence-electron chi connectivity index (χ2n) is 6.11. The van der Waals surface area contributed by atoms with Crippen molar-refractivity contribution in [3.8, 4) is 0 Å². The van der Waals surface area contributed by atoms with Crippen LogP contribution in [0.25, 0.3) is 0 Å². The van der Waals surface area contributed by atoms with Crippen molar-refractivity contribution < 1.29 is 14.3 Å². The van der Waals surface area contributed by atoms with Gasteiger partial charge in [0, 0.05) is 10.9 Å². The van der Waals surface area contributed by atoms with Crippen molar-refractivity contribution in [2.45, 2.75) is 38.8 Å². The van der Waals surface area contributed by atoms with Gasteiger partial charge in [-0.15, -0.1) is 11.3 Å². The van der Waals surface area contributed by atoms with E-state index in [4.69, 9.17) is 0 Å². The standard InChI is InChI=1S/C18H20FNO2S/c1-11-9-17(23-12(11)2)18(22)20(15-7-8-15)10-16(21)13-3-5-14(19)6-4-13/h3-6,9,15-16,21H,7-8,10H2,1-2H3. The number of hydrogen-bond donors (Lipinski definition) is 1. The quantitative estimate of drug-likeness (QED) is 0.903. The van der Waals surface area contributed by atoms with E-state index in [0.29, 0.717) is 5.56 Å². The number of halogens is 1. The molecule has 1 unspecified atom stereocenters. The Bertz CT molecular complexity index is 687. The van der Waals surface area contributed by atoms with Gasteiger partial charge in [0.25, 0.3) is 5.91 Å². The summed E-state index contributed by atoms with van der Waals surface area (Å²) in [5, 5.41) is 10.4. The fourth-order valence-corrected chi connectivity index (χ4v) is 3.57. The van der Waals surface area contributed by atoms with Crippen LogP contribution < -0.4 is 0 Å². The molecule has 1 aromatic heterocycles. The van der Waals surface area contributed by atoms with Crippen LogP contribution in [0.4, 0.5) is 4.39 Å². The highest BCUT2D eigenvalue weighted by Crippen LogP contribution is 2.32. The summed E-state index contributed by atoms with van der Waals surface area (Å²) in [6.07, 6.45) is 1.15. The predicted molar refractivity (Wildman–Crippen MR) is 89.2 cm³/mol. The van der Waals surface area contributed by atoms with Crippen LogP contribution in [0.2, 0.25) is 0 Å². The summed E-state index contributed by atoms with van der Waals surface area (Å²) in [6.45, 7) is 4.24. The third kappa shape index (κ3) is 3.62. The number of amides is 1. The first kappa shape index (κ1) is 16.1. The monoisotopic (exact) mass is 333 g/mol. The van der Waals surface area contributed by atoms with Crippen LogP contribution in [0.5, 0.6) is 0 Å². The topological polar surface area (TPSA) is 40.5 Å². The molecule has 1 aromatic carbocycles. The van der Waals surface area contributed by atoms with Gasteiger partial charge in [0.2, 0.25) is 0 Å². The van der Waals surface area contributed by atoms with Gasteiger partial charge in [-0.2, -0.15) is 0 Å². The SMILES string of the molecule is Cc1cc(C(=O)N(CC(O)c2ccc(F)cc2)C2CC2)sc1C. The first-order valence-corrected chi connectivity index (χ1v) is 8.59. The van der Waals surface area contributed by atoms with Crippen LogP contribution in [0, 0.1) is 19.7 Å². The van der Waals surface area contributed by atoms with Crippen molar-refractivity contribution in [2.24, 2.45) is 0 Å². The Morgan fingerprint density at radius 3 is 2.52 bits per heavy atom. The van der Waals surface area contributed by atoms with E-state index in [0.717, 1.165) is 28.2 Å². The molecule has 1 N–H and O–H groups in total. The van der Waals surface area contributed by atoms with E-state index < -0.39 is 6.10 Å². The molecule has 3 nitrogen and oxygen atoms in total. The van der Waals surface area contributed by atoms with Gasteiger partial charge in [0.05, 0.1) is 17.5 Å². The van der Waals surface area contributed by atoms with Crippen LogP contribution >= 0.6 is 11.3 Å². The number of rotatable bonds is 5. The molecule has 1 saturated carbocycles. The van der Waals surface area contributed by atoms with Crippen LogP contribution in [-0.4, -0.2) is 28.5 Å². The lowest BCUT2D eigenvalue weighted by atomic mass is 10.1. The van der Waals surface area contributed by atoms with E-state index in [9.17, 15) is 14.3 Å². The lowest BCUT2D eigenvalue weighted by Crippen LogP contribution is -2.36. The first-order chi connectivity index (χ1) is 11.0. The van der Waals surface area contributed by atoms with Gasteiger partial charge < -0.3 is 10.0 Å². The molecule has 1 aliphatic rings. The van der Waals surface area contributed by atoms with E-state index in [-0.39, 0.29) is 24.3 Å². The minimum atomic E-state index is -0.803. The second-order valence-corrected chi connectivity index (χ2v) is 7.36. The average molecular weight is 333 g/mol. The molecule has 1 amide bonds. The van der Waals surface area contributed by atoms with E-state index in [1.165, 1.54) is 23.5 Å². The van der Waals surface area contributed by atoms with Crippen molar-refractivity contribution in [1.82, 2.24) is 4.90 Å². The number of carbonyl (C=O) groups excluding carboxylic acids is 1. The molecule has 122 valence electrons. The zero-order chi connectivity index (χ0) is 16.6. The number of hydrogen-bond acceptors (Lipinski definition) is 3. The molecule has 1 heterocycles. The van der Waals surface area contributed by atoms with Crippen LogP contribution in [0.1, 0.15) is 44.6 Å². The summed E-state index contributed by atoms with van der Waals surface area (Å²) in [5.41, 5.74) is 1.75. The summed E-state index contributed by atoms with van der Waals surface area (Å²) in [7, 11) is 0. The van der Waals surface area contributed by atoms with Crippen molar-refractivity contribution in [3.63, 3.8) is 0 Å². The Hall–Kier alpha value is -1.72. The molecule has 23 heavy (non-hydrogen) atoms. The second kappa shape index (κ2) is 6.42. The summed E-state index contributed by atoms with van der Waals surface area (Å²) in [5.74, 6) is -0.351. The molecule has 0 saturated heterocycles. The molecule has 2 aromatic rings. The van der Waals surface area contributed by atoms with Crippen molar-refractivity contribution >= 4 is 17.2 Å². The normalized spacial score (nSPS) is 15.5. The van der Waals surface area contributed by atoms with E-state index in [1.807, 2.05) is 19.9 Å². The fraction of sp³-hybridized carbons (Fsp3) is 0.389. The number of thiophene rings is 1. The zero-order valence-corrected chi connectivity index (χ0v) is 14.1. The number of aliphatic hydroxyl groups is 1. The molecule has 1 aliphatic carbocycles. The number of nitrogens with zero attached hydrogens (tertiary/aromatic N) is 1. The van der Waals surface area contributed by atoms with Gasteiger partial charge >= 0.3 is 0 Å². The highest BCUT2D eigenvalue weighted by atomic mass is 32.1. The molecule has 3 rings (SSSR count). The Morgan fingerprint density at radius 2 is 2.00 bits per heavy atom.